The first-order valence-electron chi connectivity index (χ1n) is 7.44. The van der Waals surface area contributed by atoms with E-state index in [4.69, 9.17) is 0 Å². The Kier molecular flexibility index (Phi) is 5.00. The van der Waals surface area contributed by atoms with E-state index in [1.54, 1.807) is 18.4 Å². The Morgan fingerprint density at radius 1 is 1.15 bits per heavy atom. The van der Waals surface area contributed by atoms with Gasteiger partial charge >= 0.3 is 5.92 Å². The summed E-state index contributed by atoms with van der Waals surface area (Å²) in [5, 5.41) is 0.664. The quantitative estimate of drug-likeness (QED) is 0.509. The van der Waals surface area contributed by atoms with E-state index < -0.39 is 33.3 Å². The van der Waals surface area contributed by atoms with E-state index in [2.05, 4.69) is 19.7 Å². The van der Waals surface area contributed by atoms with Gasteiger partial charge in [-0.05, 0) is 30.5 Å². The van der Waals surface area contributed by atoms with Crippen molar-refractivity contribution in [3.8, 4) is 0 Å². The number of pyridine rings is 1. The highest BCUT2D eigenvalue weighted by Gasteiger charge is 2.40. The van der Waals surface area contributed by atoms with Crippen LogP contribution in [0.5, 0.6) is 0 Å². The Bertz CT molecular complexity index is 1110. The minimum atomic E-state index is -3.70. The van der Waals surface area contributed by atoms with Crippen LogP contribution in [0.2, 0.25) is 0 Å². The lowest BCUT2D eigenvalue weighted by molar-refractivity contribution is 0.0277. The second-order valence-corrected chi connectivity index (χ2v) is 8.11. The number of para-hydroxylation sites is 1. The molecule has 0 aliphatic rings. The average molecular weight is 414 g/mol. The third kappa shape index (κ3) is 3.98. The van der Waals surface area contributed by atoms with Gasteiger partial charge in [0.05, 0.1) is 23.7 Å². The fourth-order valence-corrected chi connectivity index (χ4v) is 3.50. The van der Waals surface area contributed by atoms with E-state index in [-0.39, 0.29) is 16.2 Å². The number of nitrogens with zero attached hydrogens (tertiary/aromatic N) is 3. The second-order valence-electron chi connectivity index (χ2n) is 5.57. The van der Waals surface area contributed by atoms with Gasteiger partial charge in [0, 0.05) is 5.39 Å². The third-order valence-electron chi connectivity index (χ3n) is 3.51. The molecule has 0 atom stereocenters. The number of aromatic nitrogens is 3. The minimum Gasteiger partial charge on any atom is -0.282 e. The van der Waals surface area contributed by atoms with Crippen LogP contribution in [-0.4, -0.2) is 35.9 Å². The Morgan fingerprint density at radius 2 is 1.89 bits per heavy atom. The van der Waals surface area contributed by atoms with Crippen LogP contribution in [0.25, 0.3) is 10.9 Å². The predicted octanol–water partition coefficient (Wildman–Crippen LogP) is 3.40. The fraction of sp³-hybridized carbons (Fsp3) is 0.188. The van der Waals surface area contributed by atoms with Gasteiger partial charge in [0.15, 0.2) is 0 Å². The fourth-order valence-electron chi connectivity index (χ4n) is 2.38. The van der Waals surface area contributed by atoms with E-state index in [9.17, 15) is 21.6 Å². The van der Waals surface area contributed by atoms with Gasteiger partial charge in [0.25, 0.3) is 0 Å². The molecule has 0 saturated heterocycles. The van der Waals surface area contributed by atoms with Crippen molar-refractivity contribution in [2.45, 2.75) is 10.9 Å². The number of hydrogen-bond donors (Lipinski definition) is 1. The molecule has 3 rings (SSSR count). The molecule has 142 valence electrons. The number of fused-ring (bicyclic) bond motifs is 1. The summed E-state index contributed by atoms with van der Waals surface area (Å²) >= 11 is 1.11. The SMILES string of the molecule is CSc1nc(C(F)(F)c2ccc(F)cn2)nc2c(NS(C)(=O)=O)cccc12. The van der Waals surface area contributed by atoms with Gasteiger partial charge in [-0.25, -0.2) is 22.8 Å². The molecule has 2 aromatic heterocycles. The van der Waals surface area contributed by atoms with Crippen LogP contribution in [0.1, 0.15) is 11.5 Å². The van der Waals surface area contributed by atoms with Crippen molar-refractivity contribution in [2.75, 3.05) is 17.2 Å². The lowest BCUT2D eigenvalue weighted by Gasteiger charge is -2.17. The molecule has 3 aromatic rings. The van der Waals surface area contributed by atoms with Gasteiger partial charge < -0.3 is 0 Å². The van der Waals surface area contributed by atoms with Crippen LogP contribution < -0.4 is 4.72 Å². The summed E-state index contributed by atoms with van der Waals surface area (Å²) < 4.78 is 68.2. The number of alkyl halides is 2. The molecule has 0 fully saturated rings. The highest BCUT2D eigenvalue weighted by Crippen LogP contribution is 2.36. The Balaban J connectivity index is 2.24. The summed E-state index contributed by atoms with van der Waals surface area (Å²) in [6, 6.07) is 6.30. The number of sulfonamides is 1. The zero-order valence-corrected chi connectivity index (χ0v) is 15.7. The van der Waals surface area contributed by atoms with Gasteiger partial charge in [-0.15, -0.1) is 11.8 Å². The van der Waals surface area contributed by atoms with E-state index in [1.807, 2.05) is 0 Å². The molecule has 0 radical (unpaired) electrons. The summed E-state index contributed by atoms with van der Waals surface area (Å²) in [6.45, 7) is 0. The van der Waals surface area contributed by atoms with Crippen LogP contribution in [0, 0.1) is 5.82 Å². The van der Waals surface area contributed by atoms with Crippen LogP contribution in [0.4, 0.5) is 18.9 Å². The van der Waals surface area contributed by atoms with Gasteiger partial charge in [-0.2, -0.15) is 8.78 Å². The van der Waals surface area contributed by atoms with Crippen molar-refractivity contribution in [2.24, 2.45) is 0 Å². The first kappa shape index (κ1) is 19.4. The Hall–Kier alpha value is -2.40. The van der Waals surface area contributed by atoms with Crippen LogP contribution >= 0.6 is 11.8 Å². The number of thioether (sulfide) groups is 1. The van der Waals surface area contributed by atoms with Crippen molar-refractivity contribution in [1.29, 1.82) is 0 Å². The highest BCUT2D eigenvalue weighted by molar-refractivity contribution is 7.98. The lowest BCUT2D eigenvalue weighted by Crippen LogP contribution is -2.21. The molecule has 1 N–H and O–H groups in total. The van der Waals surface area contributed by atoms with Crippen LogP contribution in [0.3, 0.4) is 0 Å². The molecule has 0 aliphatic carbocycles. The number of rotatable bonds is 5. The molecule has 0 amide bonds. The molecule has 0 spiro atoms. The Morgan fingerprint density at radius 3 is 2.48 bits per heavy atom. The molecule has 0 aliphatic heterocycles. The molecule has 2 heterocycles. The van der Waals surface area contributed by atoms with Crippen molar-refractivity contribution in [3.63, 3.8) is 0 Å². The second kappa shape index (κ2) is 6.97. The number of nitrogens with one attached hydrogen (secondary N) is 1. The molecule has 0 saturated carbocycles. The highest BCUT2D eigenvalue weighted by atomic mass is 32.2. The minimum absolute atomic E-state index is 0.0269. The van der Waals surface area contributed by atoms with E-state index in [0.29, 0.717) is 11.6 Å². The standard InChI is InChI=1S/C16H13F3N4O2S2/c1-26-14-10-4-3-5-11(23-27(2,24)25)13(10)21-15(22-14)16(18,19)12-7-6-9(17)8-20-12/h3-8,23H,1-2H3. The van der Waals surface area contributed by atoms with Gasteiger partial charge in [-0.3, -0.25) is 9.71 Å². The summed E-state index contributed by atoms with van der Waals surface area (Å²) in [7, 11) is -3.65. The van der Waals surface area contributed by atoms with Crippen molar-refractivity contribution in [1.82, 2.24) is 15.0 Å². The molecule has 0 bridgehead atoms. The predicted molar refractivity (Wildman–Crippen MR) is 97.0 cm³/mol. The van der Waals surface area contributed by atoms with Crippen molar-refractivity contribution < 1.29 is 21.6 Å². The van der Waals surface area contributed by atoms with Gasteiger partial charge in [0.2, 0.25) is 15.8 Å². The molecular formula is C16H13F3N4O2S2. The van der Waals surface area contributed by atoms with Crippen molar-refractivity contribution >= 4 is 38.4 Å². The first-order valence-corrected chi connectivity index (χ1v) is 10.6. The van der Waals surface area contributed by atoms with Crippen molar-refractivity contribution in [3.05, 3.63) is 53.9 Å². The number of benzene rings is 1. The normalized spacial score (nSPS) is 12.3. The number of hydrogen-bond acceptors (Lipinski definition) is 6. The smallest absolute Gasteiger partial charge is 0.282 e. The first-order chi connectivity index (χ1) is 12.6. The third-order valence-corrected chi connectivity index (χ3v) is 4.80. The van der Waals surface area contributed by atoms with E-state index in [1.165, 1.54) is 6.07 Å². The summed E-state index contributed by atoms with van der Waals surface area (Å²) in [5.41, 5.74) is -0.639. The summed E-state index contributed by atoms with van der Waals surface area (Å²) in [5.74, 6) is -5.32. The molecule has 11 heteroatoms. The van der Waals surface area contributed by atoms with E-state index >= 15 is 0 Å². The summed E-state index contributed by atoms with van der Waals surface area (Å²) in [6.07, 6.45) is 3.27. The number of halogens is 3. The van der Waals surface area contributed by atoms with Gasteiger partial charge in [-0.1, -0.05) is 6.07 Å². The largest absolute Gasteiger partial charge is 0.348 e. The van der Waals surface area contributed by atoms with Gasteiger partial charge in [0.1, 0.15) is 16.5 Å². The lowest BCUT2D eigenvalue weighted by atomic mass is 10.1. The molecule has 6 nitrogen and oxygen atoms in total. The maximum atomic E-state index is 14.9. The topological polar surface area (TPSA) is 84.8 Å². The molecule has 1 aromatic carbocycles. The molecule has 27 heavy (non-hydrogen) atoms. The van der Waals surface area contributed by atoms with E-state index in [0.717, 1.165) is 30.2 Å². The molecule has 0 unspecified atom stereocenters. The number of anilines is 1. The zero-order valence-electron chi connectivity index (χ0n) is 14.1. The maximum absolute atomic E-state index is 14.9. The zero-order chi connectivity index (χ0) is 19.8. The monoisotopic (exact) mass is 414 g/mol. The van der Waals surface area contributed by atoms with Crippen LogP contribution in [-0.2, 0) is 15.9 Å². The average Bonchev–Trinajstić information content (AvgIpc) is 2.60. The molecular weight excluding hydrogens is 401 g/mol. The van der Waals surface area contributed by atoms with Crippen LogP contribution in [0.15, 0.2) is 41.6 Å². The summed E-state index contributed by atoms with van der Waals surface area (Å²) in [4.78, 5) is 11.2. The Labute approximate surface area is 157 Å². The maximum Gasteiger partial charge on any atom is 0.348 e.